The number of methoxy groups -OCH3 is 1. The number of fused-ring (bicyclic) bond motifs is 7. The van der Waals surface area contributed by atoms with Crippen LogP contribution in [0.15, 0.2) is 42.6 Å². The van der Waals surface area contributed by atoms with Crippen LogP contribution in [0, 0.1) is 5.82 Å². The van der Waals surface area contributed by atoms with Crippen molar-refractivity contribution in [2.45, 2.75) is 50.9 Å². The number of rotatable bonds is 1. The van der Waals surface area contributed by atoms with Crippen molar-refractivity contribution in [3.63, 3.8) is 0 Å². The predicted octanol–water partition coefficient (Wildman–Crippen LogP) is 2.87. The molecule has 37 heavy (non-hydrogen) atoms. The van der Waals surface area contributed by atoms with Crippen molar-refractivity contribution in [3.8, 4) is 17.2 Å². The fourth-order valence-corrected chi connectivity index (χ4v) is 4.59. The van der Waals surface area contributed by atoms with Gasteiger partial charge in [0.2, 0.25) is 0 Å². The molecule has 1 saturated carbocycles. The van der Waals surface area contributed by atoms with Gasteiger partial charge in [-0.15, -0.1) is 5.10 Å². The maximum absolute atomic E-state index is 14.0. The fourth-order valence-electron chi connectivity index (χ4n) is 4.59. The van der Waals surface area contributed by atoms with Gasteiger partial charge in [-0.3, -0.25) is 14.3 Å². The number of hydrogen-bond acceptors (Lipinski definition) is 7. The summed E-state index contributed by atoms with van der Waals surface area (Å²) in [6, 6.07) is 8.64. The average Bonchev–Trinajstić information content (AvgIpc) is 3.54. The molecule has 2 N–H and O–H groups in total. The van der Waals surface area contributed by atoms with Gasteiger partial charge in [-0.2, -0.15) is 0 Å². The lowest BCUT2D eigenvalue weighted by atomic mass is 10.1. The zero-order valence-electron chi connectivity index (χ0n) is 20.4. The maximum atomic E-state index is 14.0. The first-order chi connectivity index (χ1) is 18.0. The third kappa shape index (κ3) is 5.82. The lowest BCUT2D eigenvalue weighted by Gasteiger charge is -2.17. The number of aromatic nitrogens is 3. The Balaban J connectivity index is 1.39. The summed E-state index contributed by atoms with van der Waals surface area (Å²) in [5.74, 6) is 0.0615. The van der Waals surface area contributed by atoms with Crippen molar-refractivity contribution in [3.05, 3.63) is 65.2 Å². The summed E-state index contributed by atoms with van der Waals surface area (Å²) < 4.78 is 32.8. The molecule has 6 bridgehead atoms. The van der Waals surface area contributed by atoms with E-state index in [1.54, 1.807) is 29.1 Å². The summed E-state index contributed by atoms with van der Waals surface area (Å²) in [6.45, 7) is 0.978. The third-order valence-corrected chi connectivity index (χ3v) is 6.47. The van der Waals surface area contributed by atoms with Crippen molar-refractivity contribution >= 4 is 11.8 Å². The molecule has 0 saturated heterocycles. The van der Waals surface area contributed by atoms with E-state index in [9.17, 15) is 14.0 Å². The van der Waals surface area contributed by atoms with Gasteiger partial charge in [0.25, 0.3) is 11.8 Å². The van der Waals surface area contributed by atoms with Crippen LogP contribution in [-0.4, -0.2) is 52.6 Å². The molecular formula is C26H28FN5O5. The Bertz CT molecular complexity index is 1300. The van der Waals surface area contributed by atoms with Gasteiger partial charge in [0.05, 0.1) is 25.5 Å². The van der Waals surface area contributed by atoms with Gasteiger partial charge in [-0.1, -0.05) is 5.21 Å². The van der Waals surface area contributed by atoms with E-state index in [1.807, 2.05) is 0 Å². The van der Waals surface area contributed by atoms with Crippen molar-refractivity contribution < 1.29 is 28.2 Å². The molecule has 0 spiro atoms. The number of ether oxygens (including phenoxy) is 3. The molecule has 1 aromatic heterocycles. The van der Waals surface area contributed by atoms with Gasteiger partial charge >= 0.3 is 0 Å². The number of amides is 2. The molecule has 2 aromatic carbocycles. The summed E-state index contributed by atoms with van der Waals surface area (Å²) in [4.78, 5) is 26.0. The highest BCUT2D eigenvalue weighted by atomic mass is 19.1. The Hall–Kier alpha value is -4.15. The van der Waals surface area contributed by atoms with Gasteiger partial charge in [0.1, 0.15) is 23.9 Å². The minimum absolute atomic E-state index is 0.114. The van der Waals surface area contributed by atoms with Crippen LogP contribution < -0.4 is 24.8 Å². The Morgan fingerprint density at radius 3 is 2.65 bits per heavy atom. The number of carbonyl (C=O) groups is 2. The molecule has 5 rings (SSSR count). The van der Waals surface area contributed by atoms with Crippen LogP contribution >= 0.6 is 0 Å². The molecule has 3 aromatic rings. The summed E-state index contributed by atoms with van der Waals surface area (Å²) in [5.41, 5.74) is 1.18. The van der Waals surface area contributed by atoms with Crippen molar-refractivity contribution in [2.24, 2.45) is 0 Å². The number of carbonyl (C=O) groups excluding carboxylic acids is 2. The van der Waals surface area contributed by atoms with Gasteiger partial charge in [0.15, 0.2) is 11.5 Å². The van der Waals surface area contributed by atoms with E-state index in [4.69, 9.17) is 14.2 Å². The quantitative estimate of drug-likeness (QED) is 0.518. The summed E-state index contributed by atoms with van der Waals surface area (Å²) in [7, 11) is 1.53. The van der Waals surface area contributed by atoms with E-state index in [0.717, 1.165) is 0 Å². The Kier molecular flexibility index (Phi) is 7.20. The van der Waals surface area contributed by atoms with Gasteiger partial charge in [-0.05, 0) is 55.7 Å². The Morgan fingerprint density at radius 2 is 1.84 bits per heavy atom. The summed E-state index contributed by atoms with van der Waals surface area (Å²) in [6.07, 6.45) is 4.32. The van der Waals surface area contributed by atoms with Crippen LogP contribution in [0.25, 0.3) is 0 Å². The first kappa shape index (κ1) is 24.5. The highest BCUT2D eigenvalue weighted by Crippen LogP contribution is 2.29. The number of nitrogens with zero attached hydrogens (tertiary/aromatic N) is 3. The number of benzene rings is 2. The molecule has 2 heterocycles. The monoisotopic (exact) mass is 509 g/mol. The number of nitrogens with one attached hydrogen (secondary N) is 2. The zero-order valence-corrected chi connectivity index (χ0v) is 20.4. The first-order valence-electron chi connectivity index (χ1n) is 12.2. The second-order valence-corrected chi connectivity index (χ2v) is 9.12. The predicted molar refractivity (Wildman–Crippen MR) is 130 cm³/mol. The fraction of sp³-hybridized carbons (Fsp3) is 0.385. The second kappa shape index (κ2) is 10.9. The van der Waals surface area contributed by atoms with Crippen LogP contribution in [-0.2, 0) is 13.2 Å². The average molecular weight is 510 g/mol. The first-order valence-corrected chi connectivity index (χ1v) is 12.2. The van der Waals surface area contributed by atoms with E-state index in [0.29, 0.717) is 67.3 Å². The second-order valence-electron chi connectivity index (χ2n) is 9.12. The highest BCUT2D eigenvalue weighted by Gasteiger charge is 2.29. The number of aryl methyl sites for hydroxylation is 1. The van der Waals surface area contributed by atoms with E-state index >= 15 is 0 Å². The molecular weight excluding hydrogens is 481 g/mol. The Morgan fingerprint density at radius 1 is 1.03 bits per heavy atom. The molecule has 10 nitrogen and oxygen atoms in total. The van der Waals surface area contributed by atoms with E-state index in [2.05, 4.69) is 20.9 Å². The topological polar surface area (TPSA) is 117 Å². The van der Waals surface area contributed by atoms with Crippen LogP contribution in [0.3, 0.4) is 0 Å². The van der Waals surface area contributed by atoms with Crippen LogP contribution in [0.4, 0.5) is 4.39 Å². The third-order valence-electron chi connectivity index (χ3n) is 6.47. The smallest absolute Gasteiger partial charge is 0.255 e. The summed E-state index contributed by atoms with van der Waals surface area (Å²) in [5, 5.41) is 14.2. The van der Waals surface area contributed by atoms with Crippen molar-refractivity contribution in [2.75, 3.05) is 13.7 Å². The molecule has 1 aliphatic heterocycles. The van der Waals surface area contributed by atoms with Crippen LogP contribution in [0.1, 0.15) is 52.1 Å². The molecule has 0 unspecified atom stereocenters. The molecule has 2 amide bonds. The van der Waals surface area contributed by atoms with Gasteiger partial charge in [0, 0.05) is 30.6 Å². The van der Waals surface area contributed by atoms with E-state index in [-0.39, 0.29) is 30.2 Å². The summed E-state index contributed by atoms with van der Waals surface area (Å²) >= 11 is 0. The van der Waals surface area contributed by atoms with Crippen molar-refractivity contribution in [1.82, 2.24) is 25.6 Å². The lowest BCUT2D eigenvalue weighted by Crippen LogP contribution is -2.37. The highest BCUT2D eigenvalue weighted by molar-refractivity contribution is 5.97. The SMILES string of the molecule is COc1ccc2cc1OCc1cn(nn1)CCCOc1ccc(F)cc1C(=O)N[C@@H]1CC[C@H](C1)NC2=O. The minimum Gasteiger partial charge on any atom is -0.493 e. The standard InChI is InChI=1S/C26H28FN5O5/c1-35-23-7-3-16-11-24(23)37-15-20-14-32(31-30-20)9-2-10-36-22-8-4-17(27)12-21(22)26(34)29-19-6-5-18(13-19)28-25(16)33/h3-4,7-8,11-12,14,18-19H,2,5-6,9-10,13,15H2,1H3,(H,28,33)(H,29,34)/t18-,19-/m1/s1. The van der Waals surface area contributed by atoms with Gasteiger partial charge < -0.3 is 24.8 Å². The molecule has 2 atom stereocenters. The van der Waals surface area contributed by atoms with E-state index < -0.39 is 11.7 Å². The van der Waals surface area contributed by atoms with Crippen molar-refractivity contribution in [1.29, 1.82) is 0 Å². The maximum Gasteiger partial charge on any atom is 0.255 e. The molecule has 11 heteroatoms. The molecule has 1 fully saturated rings. The van der Waals surface area contributed by atoms with Crippen LogP contribution in [0.2, 0.25) is 0 Å². The number of halogens is 1. The van der Waals surface area contributed by atoms with E-state index in [1.165, 1.54) is 25.3 Å². The van der Waals surface area contributed by atoms with Gasteiger partial charge in [-0.25, -0.2) is 4.39 Å². The zero-order chi connectivity index (χ0) is 25.8. The normalized spacial score (nSPS) is 20.4. The lowest BCUT2D eigenvalue weighted by molar-refractivity contribution is 0.0932. The van der Waals surface area contributed by atoms with Crippen LogP contribution in [0.5, 0.6) is 17.2 Å². The molecule has 194 valence electrons. The Labute approximate surface area is 213 Å². The molecule has 2 aliphatic rings. The molecule has 0 radical (unpaired) electrons. The number of hydrogen-bond donors (Lipinski definition) is 2. The minimum atomic E-state index is -0.518. The molecule has 1 aliphatic carbocycles. The largest absolute Gasteiger partial charge is 0.493 e.